The van der Waals surface area contributed by atoms with Gasteiger partial charge < -0.3 is 15.4 Å². The topological polar surface area (TPSA) is 50.4 Å². The molecule has 0 bridgehead atoms. The number of benzene rings is 1. The third-order valence-electron chi connectivity index (χ3n) is 3.55. The second-order valence-corrected chi connectivity index (χ2v) is 5.81. The lowest BCUT2D eigenvalue weighted by Gasteiger charge is -2.30. The molecular formula is C14H19BrN2O2. The maximum Gasteiger partial charge on any atom is 0.255 e. The van der Waals surface area contributed by atoms with Crippen molar-refractivity contribution in [3.63, 3.8) is 0 Å². The first-order chi connectivity index (χ1) is 9.11. The lowest BCUT2D eigenvalue weighted by atomic mass is 9.94. The normalized spacial score (nSPS) is 22.9. The van der Waals surface area contributed by atoms with Crippen LogP contribution in [0.5, 0.6) is 5.75 Å². The van der Waals surface area contributed by atoms with Crippen molar-refractivity contribution in [1.82, 2.24) is 10.6 Å². The molecule has 4 nitrogen and oxygen atoms in total. The summed E-state index contributed by atoms with van der Waals surface area (Å²) in [7, 11) is 1.57. The van der Waals surface area contributed by atoms with Crippen molar-refractivity contribution in [1.29, 1.82) is 0 Å². The molecule has 2 N–H and O–H groups in total. The fraction of sp³-hybridized carbons (Fsp3) is 0.500. The summed E-state index contributed by atoms with van der Waals surface area (Å²) in [6, 6.07) is 5.60. The summed E-state index contributed by atoms with van der Waals surface area (Å²) in [6.45, 7) is 4.02. The summed E-state index contributed by atoms with van der Waals surface area (Å²) in [4.78, 5) is 12.3. The molecule has 0 aliphatic carbocycles. The van der Waals surface area contributed by atoms with Gasteiger partial charge in [0.05, 0.1) is 12.7 Å². The highest BCUT2D eigenvalue weighted by molar-refractivity contribution is 9.10. The average molecular weight is 327 g/mol. The smallest absolute Gasteiger partial charge is 0.255 e. The van der Waals surface area contributed by atoms with E-state index in [1.807, 2.05) is 6.07 Å². The van der Waals surface area contributed by atoms with E-state index in [0.717, 1.165) is 24.0 Å². The van der Waals surface area contributed by atoms with Crippen LogP contribution in [-0.4, -0.2) is 32.1 Å². The molecule has 2 atom stereocenters. The fourth-order valence-electron chi connectivity index (χ4n) is 2.28. The van der Waals surface area contributed by atoms with Crippen molar-refractivity contribution in [3.05, 3.63) is 28.2 Å². The van der Waals surface area contributed by atoms with E-state index in [-0.39, 0.29) is 11.9 Å². The van der Waals surface area contributed by atoms with Gasteiger partial charge in [0, 0.05) is 17.1 Å². The molecule has 1 fully saturated rings. The quantitative estimate of drug-likeness (QED) is 0.895. The minimum atomic E-state index is -0.0788. The lowest BCUT2D eigenvalue weighted by Crippen LogP contribution is -2.50. The van der Waals surface area contributed by atoms with Gasteiger partial charge in [0.2, 0.25) is 0 Å². The molecule has 1 amide bonds. The van der Waals surface area contributed by atoms with Crippen LogP contribution in [0.15, 0.2) is 22.7 Å². The van der Waals surface area contributed by atoms with Gasteiger partial charge in [-0.2, -0.15) is 0 Å². The summed E-state index contributed by atoms with van der Waals surface area (Å²) >= 11 is 3.37. The second-order valence-electron chi connectivity index (χ2n) is 4.89. The number of halogens is 1. The highest BCUT2D eigenvalue weighted by Crippen LogP contribution is 2.24. The Bertz CT molecular complexity index is 465. The number of carbonyl (C=O) groups is 1. The summed E-state index contributed by atoms with van der Waals surface area (Å²) in [5.41, 5.74) is 0.573. The first-order valence-electron chi connectivity index (χ1n) is 6.47. The molecule has 1 heterocycles. The molecule has 5 heteroatoms. The van der Waals surface area contributed by atoms with E-state index in [0.29, 0.717) is 17.2 Å². The van der Waals surface area contributed by atoms with E-state index in [1.165, 1.54) is 0 Å². The molecule has 1 aromatic rings. The zero-order chi connectivity index (χ0) is 13.8. The molecule has 0 spiro atoms. The minimum absolute atomic E-state index is 0.0788. The SMILES string of the molecule is COc1cc(Br)ccc1C(=O)NC1CNCCC1C. The Kier molecular flexibility index (Phi) is 4.82. The summed E-state index contributed by atoms with van der Waals surface area (Å²) in [6.07, 6.45) is 1.09. The number of amides is 1. The number of methoxy groups -OCH3 is 1. The third-order valence-corrected chi connectivity index (χ3v) is 4.05. The molecule has 2 rings (SSSR count). The Morgan fingerprint density at radius 2 is 2.32 bits per heavy atom. The molecule has 104 valence electrons. The number of ether oxygens (including phenoxy) is 1. The Hall–Kier alpha value is -1.07. The van der Waals surface area contributed by atoms with Gasteiger partial charge in [0.15, 0.2) is 0 Å². The van der Waals surface area contributed by atoms with Crippen LogP contribution in [0.1, 0.15) is 23.7 Å². The largest absolute Gasteiger partial charge is 0.496 e. The third kappa shape index (κ3) is 3.48. The van der Waals surface area contributed by atoms with Gasteiger partial charge in [0.25, 0.3) is 5.91 Å². The minimum Gasteiger partial charge on any atom is -0.496 e. The van der Waals surface area contributed by atoms with Crippen molar-refractivity contribution >= 4 is 21.8 Å². The van der Waals surface area contributed by atoms with E-state index >= 15 is 0 Å². The van der Waals surface area contributed by atoms with Gasteiger partial charge in [-0.05, 0) is 37.1 Å². The highest BCUT2D eigenvalue weighted by Gasteiger charge is 2.24. The second kappa shape index (κ2) is 6.39. The first kappa shape index (κ1) is 14.3. The van der Waals surface area contributed by atoms with Gasteiger partial charge in [-0.15, -0.1) is 0 Å². The summed E-state index contributed by atoms with van der Waals surface area (Å²) in [5.74, 6) is 1.000. The van der Waals surface area contributed by atoms with E-state index in [2.05, 4.69) is 33.5 Å². The van der Waals surface area contributed by atoms with Crippen molar-refractivity contribution in [2.24, 2.45) is 5.92 Å². The van der Waals surface area contributed by atoms with E-state index in [4.69, 9.17) is 4.74 Å². The van der Waals surface area contributed by atoms with Crippen LogP contribution in [0.2, 0.25) is 0 Å². The van der Waals surface area contributed by atoms with Crippen LogP contribution < -0.4 is 15.4 Å². The number of piperidine rings is 1. The molecule has 1 aliphatic heterocycles. The monoisotopic (exact) mass is 326 g/mol. The maximum absolute atomic E-state index is 12.3. The number of nitrogens with one attached hydrogen (secondary N) is 2. The average Bonchev–Trinajstić information content (AvgIpc) is 2.41. The molecule has 1 aliphatic rings. The molecular weight excluding hydrogens is 308 g/mol. The predicted molar refractivity (Wildman–Crippen MR) is 78.6 cm³/mol. The zero-order valence-electron chi connectivity index (χ0n) is 11.2. The van der Waals surface area contributed by atoms with E-state index in [1.54, 1.807) is 19.2 Å². The van der Waals surface area contributed by atoms with Crippen LogP contribution in [-0.2, 0) is 0 Å². The van der Waals surface area contributed by atoms with Crippen molar-refractivity contribution < 1.29 is 9.53 Å². The first-order valence-corrected chi connectivity index (χ1v) is 7.26. The number of rotatable bonds is 3. The number of carbonyl (C=O) groups excluding carboxylic acids is 1. The van der Waals surface area contributed by atoms with Gasteiger partial charge >= 0.3 is 0 Å². The standard InChI is InChI=1S/C14H19BrN2O2/c1-9-5-6-16-8-12(9)17-14(18)11-4-3-10(15)7-13(11)19-2/h3-4,7,9,12,16H,5-6,8H2,1-2H3,(H,17,18). The fourth-order valence-corrected chi connectivity index (χ4v) is 2.62. The van der Waals surface area contributed by atoms with Gasteiger partial charge in [0.1, 0.15) is 5.75 Å². The zero-order valence-corrected chi connectivity index (χ0v) is 12.8. The van der Waals surface area contributed by atoms with Crippen molar-refractivity contribution in [2.75, 3.05) is 20.2 Å². The molecule has 19 heavy (non-hydrogen) atoms. The van der Waals surface area contributed by atoms with Crippen molar-refractivity contribution in [2.45, 2.75) is 19.4 Å². The van der Waals surface area contributed by atoms with Crippen LogP contribution >= 0.6 is 15.9 Å². The molecule has 1 saturated heterocycles. The summed E-state index contributed by atoms with van der Waals surface area (Å²) < 4.78 is 6.15. The van der Waals surface area contributed by atoms with Crippen LogP contribution in [0.3, 0.4) is 0 Å². The highest BCUT2D eigenvalue weighted by atomic mass is 79.9. The van der Waals surface area contributed by atoms with Gasteiger partial charge in [-0.25, -0.2) is 0 Å². The molecule has 1 aromatic carbocycles. The van der Waals surface area contributed by atoms with Crippen LogP contribution in [0.4, 0.5) is 0 Å². The maximum atomic E-state index is 12.3. The van der Waals surface area contributed by atoms with Gasteiger partial charge in [-0.1, -0.05) is 22.9 Å². The Balaban J connectivity index is 2.11. The summed E-state index contributed by atoms with van der Waals surface area (Å²) in [5, 5.41) is 6.39. The number of hydrogen-bond donors (Lipinski definition) is 2. The van der Waals surface area contributed by atoms with E-state index < -0.39 is 0 Å². The Morgan fingerprint density at radius 3 is 3.00 bits per heavy atom. The van der Waals surface area contributed by atoms with Gasteiger partial charge in [-0.3, -0.25) is 4.79 Å². The molecule has 0 radical (unpaired) electrons. The Labute approximate surface area is 122 Å². The molecule has 2 unspecified atom stereocenters. The number of hydrogen-bond acceptors (Lipinski definition) is 3. The van der Waals surface area contributed by atoms with E-state index in [9.17, 15) is 4.79 Å². The molecule has 0 aromatic heterocycles. The Morgan fingerprint density at radius 1 is 1.53 bits per heavy atom. The molecule has 0 saturated carbocycles. The predicted octanol–water partition coefficient (Wildman–Crippen LogP) is 2.19. The van der Waals surface area contributed by atoms with Crippen LogP contribution in [0, 0.1) is 5.92 Å². The van der Waals surface area contributed by atoms with Crippen molar-refractivity contribution in [3.8, 4) is 5.75 Å². The lowest BCUT2D eigenvalue weighted by molar-refractivity contribution is 0.0912. The van der Waals surface area contributed by atoms with Crippen LogP contribution in [0.25, 0.3) is 0 Å².